The summed E-state index contributed by atoms with van der Waals surface area (Å²) in [6.07, 6.45) is 4.94. The van der Waals surface area contributed by atoms with Gasteiger partial charge in [-0.3, -0.25) is 4.68 Å². The summed E-state index contributed by atoms with van der Waals surface area (Å²) in [7, 11) is 1.81. The van der Waals surface area contributed by atoms with Gasteiger partial charge in [-0.15, -0.1) is 0 Å². The van der Waals surface area contributed by atoms with Crippen LogP contribution in [0.25, 0.3) is 0 Å². The van der Waals surface area contributed by atoms with Crippen molar-refractivity contribution >= 4 is 33.4 Å². The van der Waals surface area contributed by atoms with Gasteiger partial charge in [0.1, 0.15) is 5.82 Å². The minimum absolute atomic E-state index is 0.0106. The van der Waals surface area contributed by atoms with E-state index >= 15 is 0 Å². The summed E-state index contributed by atoms with van der Waals surface area (Å²) in [5.74, 6) is -0.0632. The van der Waals surface area contributed by atoms with E-state index in [1.165, 1.54) is 6.20 Å². The highest BCUT2D eigenvalue weighted by Gasteiger charge is 2.13. The lowest BCUT2D eigenvalue weighted by molar-refractivity contribution is 0.0512. The lowest BCUT2D eigenvalue weighted by atomic mass is 10.5. The number of carbonyl (C=O) groups excluding carboxylic acids is 1. The fourth-order valence-electron chi connectivity index (χ4n) is 1.37. The molecule has 2 aromatic heterocycles. The van der Waals surface area contributed by atoms with E-state index in [2.05, 4.69) is 36.3 Å². The zero-order chi connectivity index (χ0) is 13.8. The second kappa shape index (κ2) is 5.79. The zero-order valence-corrected chi connectivity index (χ0v) is 12.0. The van der Waals surface area contributed by atoms with Crippen LogP contribution in [0, 0.1) is 0 Å². The maximum Gasteiger partial charge on any atom is 0.376 e. The average molecular weight is 326 g/mol. The molecule has 2 aromatic rings. The molecule has 1 N–H and O–H groups in total. The standard InChI is InChI=1S/C11H12BrN5O2/c1-3-19-11(18)10-13-5-8(12)9(16-10)15-7-4-14-17(2)6-7/h4-6H,3H2,1-2H3,(H,13,15,16). The third kappa shape index (κ3) is 3.28. The summed E-state index contributed by atoms with van der Waals surface area (Å²) < 4.78 is 7.15. The number of halogens is 1. The van der Waals surface area contributed by atoms with Gasteiger partial charge in [0.2, 0.25) is 5.82 Å². The van der Waals surface area contributed by atoms with Gasteiger partial charge < -0.3 is 10.1 Å². The van der Waals surface area contributed by atoms with E-state index in [-0.39, 0.29) is 12.4 Å². The molecule has 0 fully saturated rings. The van der Waals surface area contributed by atoms with Gasteiger partial charge in [0.25, 0.3) is 0 Å². The Morgan fingerprint density at radius 2 is 2.32 bits per heavy atom. The van der Waals surface area contributed by atoms with Crippen molar-refractivity contribution in [1.29, 1.82) is 0 Å². The quantitative estimate of drug-likeness (QED) is 0.864. The van der Waals surface area contributed by atoms with Crippen LogP contribution in [0.4, 0.5) is 11.5 Å². The number of aromatic nitrogens is 4. The molecule has 0 saturated heterocycles. The van der Waals surface area contributed by atoms with Crippen molar-refractivity contribution < 1.29 is 9.53 Å². The predicted octanol–water partition coefficient (Wildman–Crippen LogP) is 1.89. The van der Waals surface area contributed by atoms with E-state index in [1.807, 2.05) is 7.05 Å². The number of hydrogen-bond acceptors (Lipinski definition) is 6. The smallest absolute Gasteiger partial charge is 0.376 e. The fraction of sp³-hybridized carbons (Fsp3) is 0.273. The first-order chi connectivity index (χ1) is 9.10. The Morgan fingerprint density at radius 1 is 1.53 bits per heavy atom. The first kappa shape index (κ1) is 13.5. The van der Waals surface area contributed by atoms with Crippen molar-refractivity contribution in [3.05, 3.63) is 28.9 Å². The van der Waals surface area contributed by atoms with Crippen LogP contribution in [-0.4, -0.2) is 32.3 Å². The molecule has 0 aliphatic heterocycles. The monoisotopic (exact) mass is 325 g/mol. The molecule has 8 heteroatoms. The van der Waals surface area contributed by atoms with Crippen LogP contribution in [0.2, 0.25) is 0 Å². The second-order valence-corrected chi connectivity index (χ2v) is 4.49. The molecule has 0 amide bonds. The lowest BCUT2D eigenvalue weighted by Crippen LogP contribution is -2.11. The summed E-state index contributed by atoms with van der Waals surface area (Å²) in [6, 6.07) is 0. The number of esters is 1. The van der Waals surface area contributed by atoms with E-state index in [4.69, 9.17) is 4.74 Å². The van der Waals surface area contributed by atoms with Crippen molar-refractivity contribution in [3.8, 4) is 0 Å². The molecule has 0 spiro atoms. The number of ether oxygens (including phenoxy) is 1. The molecule has 0 atom stereocenters. The summed E-state index contributed by atoms with van der Waals surface area (Å²) in [5, 5.41) is 7.07. The van der Waals surface area contributed by atoms with Crippen LogP contribution in [0.15, 0.2) is 23.1 Å². The summed E-state index contributed by atoms with van der Waals surface area (Å²) >= 11 is 3.32. The van der Waals surface area contributed by atoms with E-state index in [1.54, 1.807) is 24.0 Å². The highest BCUT2D eigenvalue weighted by molar-refractivity contribution is 9.10. The van der Waals surface area contributed by atoms with Crippen LogP contribution in [0.5, 0.6) is 0 Å². The molecule has 0 radical (unpaired) electrons. The Hall–Kier alpha value is -1.96. The number of hydrogen-bond donors (Lipinski definition) is 1. The minimum Gasteiger partial charge on any atom is -0.460 e. The Balaban J connectivity index is 2.24. The van der Waals surface area contributed by atoms with E-state index in [0.29, 0.717) is 10.3 Å². The van der Waals surface area contributed by atoms with Gasteiger partial charge in [-0.25, -0.2) is 14.8 Å². The molecular weight excluding hydrogens is 314 g/mol. The summed E-state index contributed by atoms with van der Waals surface area (Å²) in [4.78, 5) is 19.6. The van der Waals surface area contributed by atoms with Gasteiger partial charge >= 0.3 is 5.97 Å². The number of aryl methyl sites for hydroxylation is 1. The van der Waals surface area contributed by atoms with Crippen molar-refractivity contribution in [3.63, 3.8) is 0 Å². The first-order valence-corrected chi connectivity index (χ1v) is 6.34. The van der Waals surface area contributed by atoms with Crippen LogP contribution in [0.3, 0.4) is 0 Å². The van der Waals surface area contributed by atoms with E-state index in [9.17, 15) is 4.79 Å². The molecule has 7 nitrogen and oxygen atoms in total. The van der Waals surface area contributed by atoms with Crippen LogP contribution >= 0.6 is 15.9 Å². The Kier molecular flexibility index (Phi) is 4.10. The van der Waals surface area contributed by atoms with Gasteiger partial charge in [-0.05, 0) is 22.9 Å². The molecule has 2 heterocycles. The van der Waals surface area contributed by atoms with Crippen LogP contribution in [0.1, 0.15) is 17.5 Å². The SMILES string of the molecule is CCOC(=O)c1ncc(Br)c(Nc2cnn(C)c2)n1. The third-order valence-electron chi connectivity index (χ3n) is 2.17. The molecule has 19 heavy (non-hydrogen) atoms. The first-order valence-electron chi connectivity index (χ1n) is 5.55. The van der Waals surface area contributed by atoms with Gasteiger partial charge in [0, 0.05) is 19.4 Å². The number of nitrogens with zero attached hydrogens (tertiary/aromatic N) is 4. The van der Waals surface area contributed by atoms with Gasteiger partial charge in [-0.2, -0.15) is 5.10 Å². The van der Waals surface area contributed by atoms with Crippen LogP contribution in [-0.2, 0) is 11.8 Å². The maximum atomic E-state index is 11.6. The van der Waals surface area contributed by atoms with Gasteiger partial charge in [0.05, 0.1) is 23.0 Å². The fourth-order valence-corrected chi connectivity index (χ4v) is 1.66. The Bertz CT molecular complexity index is 599. The van der Waals surface area contributed by atoms with E-state index < -0.39 is 5.97 Å². The molecule has 2 rings (SSSR count). The predicted molar refractivity (Wildman–Crippen MR) is 72.2 cm³/mol. The maximum absolute atomic E-state index is 11.6. The Morgan fingerprint density at radius 3 is 2.95 bits per heavy atom. The number of anilines is 2. The highest BCUT2D eigenvalue weighted by Crippen LogP contribution is 2.22. The summed E-state index contributed by atoms with van der Waals surface area (Å²) in [5.41, 5.74) is 0.761. The van der Waals surface area contributed by atoms with Gasteiger partial charge in [0.15, 0.2) is 0 Å². The normalized spacial score (nSPS) is 10.3. The molecular formula is C11H12BrN5O2. The molecule has 0 aliphatic rings. The van der Waals surface area contributed by atoms with Crippen molar-refractivity contribution in [2.75, 3.05) is 11.9 Å². The largest absolute Gasteiger partial charge is 0.460 e. The molecule has 0 saturated carbocycles. The Labute approximate surface area is 118 Å². The average Bonchev–Trinajstić information content (AvgIpc) is 2.78. The van der Waals surface area contributed by atoms with Crippen molar-refractivity contribution in [1.82, 2.24) is 19.7 Å². The number of nitrogens with one attached hydrogen (secondary N) is 1. The molecule has 0 bridgehead atoms. The van der Waals surface area contributed by atoms with Crippen LogP contribution < -0.4 is 5.32 Å². The second-order valence-electron chi connectivity index (χ2n) is 3.64. The third-order valence-corrected chi connectivity index (χ3v) is 2.75. The minimum atomic E-state index is -0.552. The topological polar surface area (TPSA) is 81.9 Å². The van der Waals surface area contributed by atoms with Crippen molar-refractivity contribution in [2.45, 2.75) is 6.92 Å². The molecule has 0 unspecified atom stereocenters. The molecule has 100 valence electrons. The zero-order valence-electron chi connectivity index (χ0n) is 10.4. The van der Waals surface area contributed by atoms with Crippen molar-refractivity contribution in [2.24, 2.45) is 7.05 Å². The van der Waals surface area contributed by atoms with E-state index in [0.717, 1.165) is 5.69 Å². The number of carbonyl (C=O) groups is 1. The highest BCUT2D eigenvalue weighted by atomic mass is 79.9. The molecule has 0 aliphatic carbocycles. The lowest BCUT2D eigenvalue weighted by Gasteiger charge is -2.06. The van der Waals surface area contributed by atoms with Gasteiger partial charge in [-0.1, -0.05) is 0 Å². The molecule has 0 aromatic carbocycles. The number of rotatable bonds is 4. The summed E-state index contributed by atoms with van der Waals surface area (Å²) in [6.45, 7) is 2.01.